The van der Waals surface area contributed by atoms with Crippen molar-refractivity contribution in [3.63, 3.8) is 0 Å². The lowest BCUT2D eigenvalue weighted by atomic mass is 9.84. The van der Waals surface area contributed by atoms with Gasteiger partial charge in [0.25, 0.3) is 0 Å². The van der Waals surface area contributed by atoms with Crippen LogP contribution in [0, 0.1) is 18.6 Å². The highest BCUT2D eigenvalue weighted by Crippen LogP contribution is 2.47. The van der Waals surface area contributed by atoms with E-state index in [0.717, 1.165) is 29.2 Å². The summed E-state index contributed by atoms with van der Waals surface area (Å²) in [4.78, 5) is 4.05. The molecule has 0 bridgehead atoms. The van der Waals surface area contributed by atoms with E-state index < -0.39 is 41.0 Å². The van der Waals surface area contributed by atoms with E-state index in [9.17, 15) is 13.9 Å². The van der Waals surface area contributed by atoms with Crippen LogP contribution in [0.25, 0.3) is 10.9 Å². The van der Waals surface area contributed by atoms with Crippen LogP contribution in [-0.4, -0.2) is 30.3 Å². The topological polar surface area (TPSA) is 76.7 Å². The van der Waals surface area contributed by atoms with Crippen molar-refractivity contribution in [3.05, 3.63) is 83.3 Å². The van der Waals surface area contributed by atoms with E-state index in [4.69, 9.17) is 0 Å². The first-order valence-electron chi connectivity index (χ1n) is 8.86. The van der Waals surface area contributed by atoms with Gasteiger partial charge in [-0.3, -0.25) is 0 Å². The van der Waals surface area contributed by atoms with Gasteiger partial charge in [-0.1, -0.05) is 24.3 Å². The van der Waals surface area contributed by atoms with Gasteiger partial charge in [-0.2, -0.15) is 8.78 Å². The SMILES string of the molecule is Cc1cccc2ccc(C(F)(F)C(O)(Cn3cnnn3)c3ccc(F)cc3F)nc12. The molecule has 0 saturated carbocycles. The first-order chi connectivity index (χ1) is 14.2. The molecule has 4 rings (SSSR count). The molecule has 10 heteroatoms. The van der Waals surface area contributed by atoms with Crippen molar-refractivity contribution in [2.75, 3.05) is 0 Å². The maximum absolute atomic E-state index is 15.8. The second-order valence-electron chi connectivity index (χ2n) is 6.91. The summed E-state index contributed by atoms with van der Waals surface area (Å²) in [6.45, 7) is 0.813. The van der Waals surface area contributed by atoms with Gasteiger partial charge in [-0.05, 0) is 41.1 Å². The van der Waals surface area contributed by atoms with Gasteiger partial charge in [0.1, 0.15) is 23.7 Å². The van der Waals surface area contributed by atoms with Gasteiger partial charge in [0.15, 0.2) is 5.60 Å². The summed E-state index contributed by atoms with van der Waals surface area (Å²) in [5.74, 6) is -6.39. The summed E-state index contributed by atoms with van der Waals surface area (Å²) in [6, 6.07) is 9.68. The van der Waals surface area contributed by atoms with Crippen molar-refractivity contribution >= 4 is 10.9 Å². The number of benzene rings is 2. The number of hydrogen-bond donors (Lipinski definition) is 1. The molecule has 0 spiro atoms. The normalized spacial score (nSPS) is 14.1. The van der Waals surface area contributed by atoms with Gasteiger partial charge in [-0.25, -0.2) is 18.4 Å². The van der Waals surface area contributed by atoms with Crippen LogP contribution in [0.5, 0.6) is 0 Å². The van der Waals surface area contributed by atoms with E-state index in [1.54, 1.807) is 25.1 Å². The summed E-state index contributed by atoms with van der Waals surface area (Å²) in [6.07, 6.45) is 1.00. The molecular weight excluding hydrogens is 402 g/mol. The Morgan fingerprint density at radius 3 is 2.57 bits per heavy atom. The van der Waals surface area contributed by atoms with E-state index in [2.05, 4.69) is 20.5 Å². The summed E-state index contributed by atoms with van der Waals surface area (Å²) in [7, 11) is 0. The number of para-hydroxylation sites is 1. The summed E-state index contributed by atoms with van der Waals surface area (Å²) in [5.41, 5.74) is -3.77. The van der Waals surface area contributed by atoms with Gasteiger partial charge in [0, 0.05) is 17.0 Å². The van der Waals surface area contributed by atoms with Crippen LogP contribution in [-0.2, 0) is 18.1 Å². The quantitative estimate of drug-likeness (QED) is 0.503. The average Bonchev–Trinajstić information content (AvgIpc) is 3.20. The summed E-state index contributed by atoms with van der Waals surface area (Å²) in [5, 5.41) is 22.0. The Bertz CT molecular complexity index is 1220. The number of aliphatic hydroxyl groups is 1. The van der Waals surface area contributed by atoms with Crippen molar-refractivity contribution in [3.8, 4) is 0 Å². The molecule has 1 unspecified atom stereocenters. The molecular formula is C20H15F4N5O. The van der Waals surface area contributed by atoms with Crippen LogP contribution < -0.4 is 0 Å². The lowest BCUT2D eigenvalue weighted by Crippen LogP contribution is -2.48. The average molecular weight is 417 g/mol. The highest BCUT2D eigenvalue weighted by Gasteiger charge is 2.58. The fourth-order valence-electron chi connectivity index (χ4n) is 3.35. The monoisotopic (exact) mass is 417 g/mol. The van der Waals surface area contributed by atoms with Gasteiger partial charge < -0.3 is 5.11 Å². The van der Waals surface area contributed by atoms with Gasteiger partial charge in [0.2, 0.25) is 0 Å². The Kier molecular flexibility index (Phi) is 4.73. The molecule has 30 heavy (non-hydrogen) atoms. The van der Waals surface area contributed by atoms with E-state index in [1.807, 2.05) is 0 Å². The molecule has 1 N–H and O–H groups in total. The Hall–Kier alpha value is -3.40. The molecule has 2 heterocycles. The predicted molar refractivity (Wildman–Crippen MR) is 98.4 cm³/mol. The number of rotatable bonds is 5. The van der Waals surface area contributed by atoms with E-state index in [-0.39, 0.29) is 0 Å². The molecule has 154 valence electrons. The number of nitrogens with zero attached hydrogens (tertiary/aromatic N) is 5. The fraction of sp³-hybridized carbons (Fsp3) is 0.200. The third-order valence-corrected chi connectivity index (χ3v) is 4.92. The number of aromatic nitrogens is 5. The zero-order valence-electron chi connectivity index (χ0n) is 15.6. The van der Waals surface area contributed by atoms with Crippen LogP contribution in [0.2, 0.25) is 0 Å². The number of halogens is 4. The molecule has 4 aromatic rings. The first kappa shape index (κ1) is 19.9. The van der Waals surface area contributed by atoms with Gasteiger partial charge in [0.05, 0.1) is 12.1 Å². The van der Waals surface area contributed by atoms with E-state index >= 15 is 8.78 Å². The van der Waals surface area contributed by atoms with Crippen LogP contribution in [0.3, 0.4) is 0 Å². The van der Waals surface area contributed by atoms with E-state index in [0.29, 0.717) is 22.5 Å². The van der Waals surface area contributed by atoms with Crippen LogP contribution in [0.15, 0.2) is 54.9 Å². The van der Waals surface area contributed by atoms with Crippen LogP contribution >= 0.6 is 0 Å². The number of alkyl halides is 2. The highest BCUT2D eigenvalue weighted by atomic mass is 19.3. The number of pyridine rings is 1. The van der Waals surface area contributed by atoms with Crippen molar-refractivity contribution in [1.82, 2.24) is 25.2 Å². The standard InChI is InChI=1S/C20H15F4N5O/c1-12-3-2-4-13-5-8-17(26-18(12)13)20(23,24)19(30,10-29-11-25-27-28-29)15-7-6-14(21)9-16(15)22/h2-9,11,30H,10H2,1H3. The second-order valence-corrected chi connectivity index (χ2v) is 6.91. The minimum atomic E-state index is -4.09. The van der Waals surface area contributed by atoms with Crippen LogP contribution in [0.4, 0.5) is 17.6 Å². The second kappa shape index (κ2) is 7.13. The highest BCUT2D eigenvalue weighted by molar-refractivity contribution is 5.81. The zero-order chi connectivity index (χ0) is 21.5. The Balaban J connectivity index is 1.92. The number of tetrazole rings is 1. The molecule has 0 saturated heterocycles. The molecule has 0 aliphatic carbocycles. The van der Waals surface area contributed by atoms with Gasteiger partial charge >= 0.3 is 5.92 Å². The van der Waals surface area contributed by atoms with Crippen molar-refractivity contribution < 1.29 is 22.7 Å². The molecule has 0 amide bonds. The lowest BCUT2D eigenvalue weighted by molar-refractivity contribution is -0.207. The Labute approximate surface area is 167 Å². The third kappa shape index (κ3) is 3.18. The summed E-state index contributed by atoms with van der Waals surface area (Å²) < 4.78 is 60.3. The Morgan fingerprint density at radius 2 is 1.87 bits per heavy atom. The molecule has 0 aliphatic heterocycles. The first-order valence-corrected chi connectivity index (χ1v) is 8.86. The minimum Gasteiger partial charge on any atom is -0.377 e. The maximum atomic E-state index is 15.8. The van der Waals surface area contributed by atoms with Crippen molar-refractivity contribution in [2.24, 2.45) is 0 Å². The van der Waals surface area contributed by atoms with Crippen molar-refractivity contribution in [1.29, 1.82) is 0 Å². The zero-order valence-corrected chi connectivity index (χ0v) is 15.6. The molecule has 0 radical (unpaired) electrons. The van der Waals surface area contributed by atoms with E-state index in [1.165, 1.54) is 6.07 Å². The molecule has 2 aromatic heterocycles. The number of fused-ring (bicyclic) bond motifs is 1. The smallest absolute Gasteiger partial charge is 0.323 e. The maximum Gasteiger partial charge on any atom is 0.323 e. The molecule has 6 nitrogen and oxygen atoms in total. The third-order valence-electron chi connectivity index (χ3n) is 4.92. The van der Waals surface area contributed by atoms with Gasteiger partial charge in [-0.15, -0.1) is 5.10 Å². The molecule has 0 aliphatic rings. The predicted octanol–water partition coefficient (Wildman–Crippen LogP) is 3.49. The fourth-order valence-corrected chi connectivity index (χ4v) is 3.35. The number of aryl methyl sites for hydroxylation is 1. The number of hydrogen-bond acceptors (Lipinski definition) is 5. The van der Waals surface area contributed by atoms with Crippen molar-refractivity contribution in [2.45, 2.75) is 25.0 Å². The molecule has 2 aromatic carbocycles. The largest absolute Gasteiger partial charge is 0.377 e. The minimum absolute atomic E-state index is 0.319. The lowest BCUT2D eigenvalue weighted by Gasteiger charge is -2.35. The Morgan fingerprint density at radius 1 is 1.07 bits per heavy atom. The summed E-state index contributed by atoms with van der Waals surface area (Å²) >= 11 is 0. The molecule has 1 atom stereocenters. The molecule has 0 fully saturated rings. The van der Waals surface area contributed by atoms with Crippen LogP contribution in [0.1, 0.15) is 16.8 Å².